The third-order valence-corrected chi connectivity index (χ3v) is 5.62. The topological polar surface area (TPSA) is 75.4 Å². The lowest BCUT2D eigenvalue weighted by molar-refractivity contribution is -0.123. The van der Waals surface area contributed by atoms with Crippen molar-refractivity contribution in [3.8, 4) is 0 Å². The van der Waals surface area contributed by atoms with E-state index in [1.807, 2.05) is 46.9 Å². The fourth-order valence-electron chi connectivity index (χ4n) is 3.28. The summed E-state index contributed by atoms with van der Waals surface area (Å²) in [5.74, 6) is -1.16. The molecule has 142 valence electrons. The Balaban J connectivity index is 1.73. The second-order valence-corrected chi connectivity index (χ2v) is 7.88. The van der Waals surface area contributed by atoms with Crippen molar-refractivity contribution in [1.29, 1.82) is 0 Å². The molecule has 1 heterocycles. The first kappa shape index (κ1) is 19.8. The minimum atomic E-state index is -0.414. The van der Waals surface area contributed by atoms with Crippen LogP contribution in [0.25, 0.3) is 0 Å². The van der Waals surface area contributed by atoms with E-state index in [2.05, 4.69) is 10.2 Å². The molecule has 1 unspecified atom stereocenters. The first-order valence-corrected chi connectivity index (χ1v) is 9.88. The Morgan fingerprint density at radius 2 is 2.04 bits per heavy atom. The third-order valence-electron chi connectivity index (χ3n) is 4.75. The molecule has 1 aliphatic rings. The number of nitrogens with two attached hydrogens (primary N) is 1. The van der Waals surface area contributed by atoms with Crippen molar-refractivity contribution < 1.29 is 14.0 Å². The van der Waals surface area contributed by atoms with Crippen LogP contribution in [0.3, 0.4) is 0 Å². The van der Waals surface area contributed by atoms with E-state index < -0.39 is 5.82 Å². The van der Waals surface area contributed by atoms with Crippen LogP contribution in [0.1, 0.15) is 28.8 Å². The lowest BCUT2D eigenvalue weighted by Crippen LogP contribution is -2.40. The number of nitrogens with one attached hydrogen (secondary N) is 1. The summed E-state index contributed by atoms with van der Waals surface area (Å²) in [6, 6.07) is 11.9. The summed E-state index contributed by atoms with van der Waals surface area (Å²) in [7, 11) is 0. The molecule has 1 fully saturated rings. The average molecular weight is 481 g/mol. The van der Waals surface area contributed by atoms with Crippen molar-refractivity contribution in [2.24, 2.45) is 11.7 Å². The number of para-hydroxylation sites is 1. The number of hydrogen-bond acceptors (Lipinski definition) is 3. The minimum Gasteiger partial charge on any atom is -0.369 e. The second kappa shape index (κ2) is 8.79. The van der Waals surface area contributed by atoms with Gasteiger partial charge in [-0.2, -0.15) is 0 Å². The van der Waals surface area contributed by atoms with Crippen LogP contribution in [0.4, 0.5) is 10.1 Å². The smallest absolute Gasteiger partial charge is 0.255 e. The standard InChI is InChI=1S/C20H21FIN3O2/c21-16-10-13(7-8-17(16)22)20(27)24-18-6-2-1-4-14(18)11-25-9-3-5-15(12-25)19(23)26/h1-2,4,6-8,10,15H,3,5,9,11-12H2,(H2,23,26)(H,24,27). The van der Waals surface area contributed by atoms with Gasteiger partial charge < -0.3 is 11.1 Å². The number of rotatable bonds is 5. The summed E-state index contributed by atoms with van der Waals surface area (Å²) in [6.45, 7) is 2.12. The van der Waals surface area contributed by atoms with E-state index in [0.29, 0.717) is 22.3 Å². The Hall–Kier alpha value is -2.00. The van der Waals surface area contributed by atoms with Gasteiger partial charge in [-0.25, -0.2) is 4.39 Å². The first-order valence-electron chi connectivity index (χ1n) is 8.80. The lowest BCUT2D eigenvalue weighted by Gasteiger charge is -2.31. The third kappa shape index (κ3) is 5.04. The number of halogens is 2. The molecule has 2 aromatic carbocycles. The van der Waals surface area contributed by atoms with Crippen LogP contribution in [-0.4, -0.2) is 29.8 Å². The quantitative estimate of drug-likeness (QED) is 0.644. The molecule has 3 rings (SSSR count). The van der Waals surface area contributed by atoms with Crippen molar-refractivity contribution in [2.45, 2.75) is 19.4 Å². The highest BCUT2D eigenvalue weighted by atomic mass is 127. The Labute approximate surface area is 171 Å². The molecule has 0 radical (unpaired) electrons. The van der Waals surface area contributed by atoms with Crippen LogP contribution in [0.5, 0.6) is 0 Å². The highest BCUT2D eigenvalue weighted by Gasteiger charge is 2.24. The van der Waals surface area contributed by atoms with Gasteiger partial charge in [-0.1, -0.05) is 18.2 Å². The lowest BCUT2D eigenvalue weighted by atomic mass is 9.97. The maximum absolute atomic E-state index is 13.7. The molecular weight excluding hydrogens is 460 g/mol. The normalized spacial score (nSPS) is 17.5. The molecule has 1 atom stereocenters. The van der Waals surface area contributed by atoms with Gasteiger partial charge in [-0.15, -0.1) is 0 Å². The predicted octanol–water partition coefficient (Wildman–Crippen LogP) is 3.38. The van der Waals surface area contributed by atoms with Gasteiger partial charge in [0.2, 0.25) is 5.91 Å². The maximum atomic E-state index is 13.7. The molecule has 0 spiro atoms. The number of anilines is 1. The number of hydrogen-bond donors (Lipinski definition) is 2. The number of benzene rings is 2. The fraction of sp³-hybridized carbons (Fsp3) is 0.300. The maximum Gasteiger partial charge on any atom is 0.255 e. The summed E-state index contributed by atoms with van der Waals surface area (Å²) in [5.41, 5.74) is 7.35. The van der Waals surface area contributed by atoms with Gasteiger partial charge in [0.25, 0.3) is 5.91 Å². The van der Waals surface area contributed by atoms with Gasteiger partial charge in [0.1, 0.15) is 5.82 Å². The molecule has 0 aliphatic carbocycles. The molecular formula is C20H21FIN3O2. The number of piperidine rings is 1. The van der Waals surface area contributed by atoms with E-state index >= 15 is 0 Å². The molecule has 2 amide bonds. The second-order valence-electron chi connectivity index (χ2n) is 6.72. The van der Waals surface area contributed by atoms with E-state index in [4.69, 9.17) is 5.73 Å². The molecule has 2 aromatic rings. The summed E-state index contributed by atoms with van der Waals surface area (Å²) < 4.78 is 14.2. The predicted molar refractivity (Wildman–Crippen MR) is 111 cm³/mol. The van der Waals surface area contributed by atoms with Gasteiger partial charge in [0.15, 0.2) is 0 Å². The van der Waals surface area contributed by atoms with Gasteiger partial charge in [-0.05, 0) is 71.8 Å². The highest BCUT2D eigenvalue weighted by molar-refractivity contribution is 14.1. The van der Waals surface area contributed by atoms with E-state index in [1.54, 1.807) is 12.1 Å². The summed E-state index contributed by atoms with van der Waals surface area (Å²) in [4.78, 5) is 26.2. The van der Waals surface area contributed by atoms with Crippen molar-refractivity contribution in [3.05, 3.63) is 63.0 Å². The van der Waals surface area contributed by atoms with Gasteiger partial charge in [-0.3, -0.25) is 14.5 Å². The summed E-state index contributed by atoms with van der Waals surface area (Å²) >= 11 is 1.89. The summed E-state index contributed by atoms with van der Waals surface area (Å²) in [6.07, 6.45) is 1.74. The number of nitrogens with zero attached hydrogens (tertiary/aromatic N) is 1. The van der Waals surface area contributed by atoms with Crippen LogP contribution in [0.2, 0.25) is 0 Å². The molecule has 0 saturated carbocycles. The number of carbonyl (C=O) groups excluding carboxylic acids is 2. The van der Waals surface area contributed by atoms with E-state index in [1.165, 1.54) is 6.07 Å². The van der Waals surface area contributed by atoms with E-state index in [-0.39, 0.29) is 23.3 Å². The summed E-state index contributed by atoms with van der Waals surface area (Å²) in [5, 5.41) is 2.87. The molecule has 0 aromatic heterocycles. The molecule has 1 aliphatic heterocycles. The van der Waals surface area contributed by atoms with Crippen LogP contribution in [0, 0.1) is 15.3 Å². The molecule has 0 bridgehead atoms. The largest absolute Gasteiger partial charge is 0.369 e. The van der Waals surface area contributed by atoms with Crippen molar-refractivity contribution >= 4 is 40.1 Å². The van der Waals surface area contributed by atoms with Crippen molar-refractivity contribution in [3.63, 3.8) is 0 Å². The zero-order chi connectivity index (χ0) is 19.4. The number of primary amides is 1. The van der Waals surface area contributed by atoms with Crippen LogP contribution >= 0.6 is 22.6 Å². The number of likely N-dealkylation sites (tertiary alicyclic amines) is 1. The Bertz CT molecular complexity index is 859. The number of carbonyl (C=O) groups is 2. The van der Waals surface area contributed by atoms with Crippen molar-refractivity contribution in [1.82, 2.24) is 4.90 Å². The van der Waals surface area contributed by atoms with Crippen LogP contribution in [-0.2, 0) is 11.3 Å². The van der Waals surface area contributed by atoms with Gasteiger partial charge >= 0.3 is 0 Å². The van der Waals surface area contributed by atoms with E-state index in [0.717, 1.165) is 24.9 Å². The molecule has 3 N–H and O–H groups in total. The minimum absolute atomic E-state index is 0.129. The highest BCUT2D eigenvalue weighted by Crippen LogP contribution is 2.23. The first-order chi connectivity index (χ1) is 12.9. The van der Waals surface area contributed by atoms with Gasteiger partial charge in [0, 0.05) is 27.9 Å². The number of amides is 2. The zero-order valence-corrected chi connectivity index (χ0v) is 16.9. The SMILES string of the molecule is NC(=O)C1CCCN(Cc2ccccc2NC(=O)c2ccc(I)c(F)c2)C1. The Morgan fingerprint density at radius 1 is 1.26 bits per heavy atom. The monoisotopic (exact) mass is 481 g/mol. The average Bonchev–Trinajstić information content (AvgIpc) is 2.65. The molecule has 5 nitrogen and oxygen atoms in total. The molecule has 1 saturated heterocycles. The fourth-order valence-corrected chi connectivity index (χ4v) is 3.62. The Morgan fingerprint density at radius 3 is 2.78 bits per heavy atom. The van der Waals surface area contributed by atoms with Crippen molar-refractivity contribution in [2.75, 3.05) is 18.4 Å². The zero-order valence-electron chi connectivity index (χ0n) is 14.8. The molecule has 7 heteroatoms. The van der Waals surface area contributed by atoms with E-state index in [9.17, 15) is 14.0 Å². The molecule has 27 heavy (non-hydrogen) atoms. The Kier molecular flexibility index (Phi) is 6.43. The van der Waals surface area contributed by atoms with Crippen LogP contribution < -0.4 is 11.1 Å². The van der Waals surface area contributed by atoms with Gasteiger partial charge in [0.05, 0.1) is 5.92 Å². The van der Waals surface area contributed by atoms with Crippen LogP contribution in [0.15, 0.2) is 42.5 Å².